The maximum absolute atomic E-state index is 13.2. The summed E-state index contributed by atoms with van der Waals surface area (Å²) in [5, 5.41) is 5.28. The molecule has 0 unspecified atom stereocenters. The van der Waals surface area contributed by atoms with Crippen LogP contribution in [0.3, 0.4) is 0 Å². The SMILES string of the molecule is Cn1ncc2cc(-c3ccc(C4=NC5(CC5)C(=O)N4CC4CN(C(=O)C5CC5)C4)cc3)cnc21. The molecule has 3 aromatic rings. The molecular weight excluding hydrogens is 428 g/mol. The highest BCUT2D eigenvalue weighted by molar-refractivity contribution is 6.16. The molecule has 0 atom stereocenters. The summed E-state index contributed by atoms with van der Waals surface area (Å²) < 4.78 is 1.77. The highest BCUT2D eigenvalue weighted by atomic mass is 16.2. The first-order valence-electron chi connectivity index (χ1n) is 12.1. The summed E-state index contributed by atoms with van der Waals surface area (Å²) in [6.45, 7) is 2.14. The second-order valence-electron chi connectivity index (χ2n) is 10.2. The van der Waals surface area contributed by atoms with E-state index in [-0.39, 0.29) is 11.8 Å². The molecule has 2 aliphatic carbocycles. The van der Waals surface area contributed by atoms with E-state index in [4.69, 9.17) is 4.99 Å². The molecule has 34 heavy (non-hydrogen) atoms. The molecule has 2 aliphatic heterocycles. The van der Waals surface area contributed by atoms with Crippen LogP contribution in [0.5, 0.6) is 0 Å². The summed E-state index contributed by atoms with van der Waals surface area (Å²) in [5.74, 6) is 1.79. The summed E-state index contributed by atoms with van der Waals surface area (Å²) in [5.41, 5.74) is 3.38. The highest BCUT2D eigenvalue weighted by Crippen LogP contribution is 2.46. The number of hydrogen-bond acceptors (Lipinski definition) is 5. The van der Waals surface area contributed by atoms with Gasteiger partial charge in [0.1, 0.15) is 11.4 Å². The van der Waals surface area contributed by atoms with Crippen molar-refractivity contribution in [3.63, 3.8) is 0 Å². The number of aryl methyl sites for hydroxylation is 1. The number of carbonyl (C=O) groups excluding carboxylic acids is 2. The molecule has 8 nitrogen and oxygen atoms in total. The number of fused-ring (bicyclic) bond motifs is 1. The Morgan fingerprint density at radius 3 is 2.50 bits per heavy atom. The summed E-state index contributed by atoms with van der Waals surface area (Å²) in [7, 11) is 1.89. The van der Waals surface area contributed by atoms with Crippen molar-refractivity contribution in [3.8, 4) is 11.1 Å². The normalized spacial score (nSPS) is 21.3. The number of amidine groups is 1. The van der Waals surface area contributed by atoms with Crippen LogP contribution in [0.2, 0.25) is 0 Å². The van der Waals surface area contributed by atoms with Gasteiger partial charge in [-0.3, -0.25) is 24.2 Å². The first-order chi connectivity index (χ1) is 16.5. The van der Waals surface area contributed by atoms with E-state index < -0.39 is 5.54 Å². The number of carbonyl (C=O) groups is 2. The number of pyridine rings is 1. The molecule has 2 saturated carbocycles. The quantitative estimate of drug-likeness (QED) is 0.593. The number of hydrogen-bond donors (Lipinski definition) is 0. The fourth-order valence-corrected chi connectivity index (χ4v) is 5.22. The molecule has 0 bridgehead atoms. The molecule has 8 heteroatoms. The minimum Gasteiger partial charge on any atom is -0.342 e. The Labute approximate surface area is 197 Å². The Morgan fingerprint density at radius 1 is 1.06 bits per heavy atom. The van der Waals surface area contributed by atoms with Gasteiger partial charge in [0.25, 0.3) is 5.91 Å². The fraction of sp³-hybridized carbons (Fsp3) is 0.423. The van der Waals surface area contributed by atoms with Gasteiger partial charge in [-0.2, -0.15) is 5.10 Å². The number of likely N-dealkylation sites (tertiary alicyclic amines) is 1. The van der Waals surface area contributed by atoms with Crippen LogP contribution in [-0.2, 0) is 16.6 Å². The third-order valence-corrected chi connectivity index (χ3v) is 7.63. The van der Waals surface area contributed by atoms with Crippen LogP contribution in [0.15, 0.2) is 47.7 Å². The lowest BCUT2D eigenvalue weighted by Gasteiger charge is -2.41. The summed E-state index contributed by atoms with van der Waals surface area (Å²) in [6, 6.07) is 10.3. The summed E-state index contributed by atoms with van der Waals surface area (Å²) in [4.78, 5) is 38.8. The van der Waals surface area contributed by atoms with E-state index in [0.717, 1.165) is 72.3 Å². The zero-order valence-electron chi connectivity index (χ0n) is 19.1. The molecule has 2 aromatic heterocycles. The van der Waals surface area contributed by atoms with E-state index in [1.54, 1.807) is 4.68 Å². The van der Waals surface area contributed by atoms with E-state index in [0.29, 0.717) is 18.4 Å². The molecule has 4 aliphatic rings. The average Bonchev–Trinajstić information content (AvgIpc) is 3.75. The molecule has 7 rings (SSSR count). The monoisotopic (exact) mass is 454 g/mol. The molecule has 3 fully saturated rings. The van der Waals surface area contributed by atoms with Gasteiger partial charge in [0.05, 0.1) is 6.20 Å². The van der Waals surface area contributed by atoms with Gasteiger partial charge in [-0.05, 0) is 37.3 Å². The van der Waals surface area contributed by atoms with E-state index in [9.17, 15) is 9.59 Å². The Bertz CT molecular complexity index is 1360. The number of aliphatic imine (C=N–C) groups is 1. The van der Waals surface area contributed by atoms with Crippen molar-refractivity contribution >= 4 is 28.7 Å². The predicted molar refractivity (Wildman–Crippen MR) is 127 cm³/mol. The molecule has 1 spiro atoms. The van der Waals surface area contributed by atoms with E-state index in [1.807, 2.05) is 41.4 Å². The number of aromatic nitrogens is 3. The number of amides is 2. The summed E-state index contributed by atoms with van der Waals surface area (Å²) >= 11 is 0. The first-order valence-corrected chi connectivity index (χ1v) is 12.1. The van der Waals surface area contributed by atoms with Gasteiger partial charge in [-0.1, -0.05) is 24.3 Å². The van der Waals surface area contributed by atoms with Gasteiger partial charge < -0.3 is 4.90 Å². The lowest BCUT2D eigenvalue weighted by molar-refractivity contribution is -0.139. The van der Waals surface area contributed by atoms with Gasteiger partial charge in [0.2, 0.25) is 5.91 Å². The Hall–Kier alpha value is -3.55. The minimum absolute atomic E-state index is 0.129. The van der Waals surface area contributed by atoms with Crippen LogP contribution in [0, 0.1) is 11.8 Å². The first kappa shape index (κ1) is 19.9. The van der Waals surface area contributed by atoms with Crippen LogP contribution in [-0.4, -0.2) is 67.4 Å². The second kappa shape index (κ2) is 6.98. The van der Waals surface area contributed by atoms with Crippen LogP contribution in [0.25, 0.3) is 22.2 Å². The zero-order valence-corrected chi connectivity index (χ0v) is 19.1. The van der Waals surface area contributed by atoms with Crippen LogP contribution < -0.4 is 0 Å². The molecule has 172 valence electrons. The van der Waals surface area contributed by atoms with Crippen LogP contribution in [0.4, 0.5) is 0 Å². The molecule has 0 N–H and O–H groups in total. The van der Waals surface area contributed by atoms with Crippen molar-refractivity contribution in [1.29, 1.82) is 0 Å². The predicted octanol–water partition coefficient (Wildman–Crippen LogP) is 2.63. The fourth-order valence-electron chi connectivity index (χ4n) is 5.22. The lowest BCUT2D eigenvalue weighted by atomic mass is 9.98. The Balaban J connectivity index is 1.11. The number of nitrogens with zero attached hydrogens (tertiary/aromatic N) is 6. The van der Waals surface area contributed by atoms with Crippen molar-refractivity contribution in [3.05, 3.63) is 48.3 Å². The van der Waals surface area contributed by atoms with Gasteiger partial charge in [-0.25, -0.2) is 4.98 Å². The number of benzene rings is 1. The molecular formula is C26H26N6O2. The highest BCUT2D eigenvalue weighted by Gasteiger charge is 2.57. The maximum atomic E-state index is 13.2. The molecule has 1 aromatic carbocycles. The smallest absolute Gasteiger partial charge is 0.256 e. The third-order valence-electron chi connectivity index (χ3n) is 7.63. The second-order valence-corrected chi connectivity index (χ2v) is 10.2. The Kier molecular flexibility index (Phi) is 4.08. The Morgan fingerprint density at radius 2 is 1.79 bits per heavy atom. The van der Waals surface area contributed by atoms with Gasteiger partial charge in [0.15, 0.2) is 5.65 Å². The van der Waals surface area contributed by atoms with Gasteiger partial charge in [-0.15, -0.1) is 0 Å². The van der Waals surface area contributed by atoms with Crippen molar-refractivity contribution in [2.75, 3.05) is 19.6 Å². The van der Waals surface area contributed by atoms with Crippen molar-refractivity contribution in [2.45, 2.75) is 31.2 Å². The minimum atomic E-state index is -0.531. The van der Waals surface area contributed by atoms with Crippen LogP contribution in [0.1, 0.15) is 31.2 Å². The summed E-state index contributed by atoms with van der Waals surface area (Å²) in [6.07, 6.45) is 7.42. The zero-order chi connectivity index (χ0) is 23.0. The van der Waals surface area contributed by atoms with Gasteiger partial charge >= 0.3 is 0 Å². The molecule has 0 radical (unpaired) electrons. The molecule has 1 saturated heterocycles. The van der Waals surface area contributed by atoms with Gasteiger partial charge in [0, 0.05) is 61.2 Å². The molecule has 4 heterocycles. The largest absolute Gasteiger partial charge is 0.342 e. The average molecular weight is 455 g/mol. The third kappa shape index (κ3) is 3.08. The standard InChI is InChI=1S/C26H26N6O2/c1-30-22-21(12-28-30)10-20(11-27-22)17-2-4-18(5-3-17)23-29-26(8-9-26)25(34)32(23)15-16-13-31(14-16)24(33)19-6-7-19/h2-5,10-12,16,19H,6-9,13-15H2,1H3. The van der Waals surface area contributed by atoms with Crippen molar-refractivity contribution < 1.29 is 9.59 Å². The molecule has 2 amide bonds. The van der Waals surface area contributed by atoms with Crippen molar-refractivity contribution in [2.24, 2.45) is 23.9 Å². The van der Waals surface area contributed by atoms with E-state index >= 15 is 0 Å². The van der Waals surface area contributed by atoms with Crippen molar-refractivity contribution in [1.82, 2.24) is 24.6 Å². The lowest BCUT2D eigenvalue weighted by Crippen LogP contribution is -2.55. The maximum Gasteiger partial charge on any atom is 0.256 e. The van der Waals surface area contributed by atoms with Crippen LogP contribution >= 0.6 is 0 Å². The topological polar surface area (TPSA) is 83.7 Å². The number of rotatable bonds is 5. The van der Waals surface area contributed by atoms with E-state index in [1.165, 1.54) is 0 Å². The van der Waals surface area contributed by atoms with E-state index in [2.05, 4.69) is 28.3 Å².